The quantitative estimate of drug-likeness (QED) is 0.584. The second kappa shape index (κ2) is 9.01. The number of aromatic nitrogens is 1. The molecule has 0 spiro atoms. The first kappa shape index (κ1) is 21.2. The number of rotatable bonds is 7. The molecule has 8 heteroatoms. The minimum atomic E-state index is -3.43. The second-order valence-electron chi connectivity index (χ2n) is 8.05. The minimum Gasteiger partial charge on any atom is -0.431 e. The van der Waals surface area contributed by atoms with E-state index < -0.39 is 15.3 Å². The van der Waals surface area contributed by atoms with Gasteiger partial charge >= 0.3 is 0 Å². The maximum Gasteiger partial charge on any atom is 0.279 e. The lowest BCUT2D eigenvalue weighted by Gasteiger charge is -2.32. The van der Waals surface area contributed by atoms with Gasteiger partial charge in [-0.1, -0.05) is 35.6 Å². The highest BCUT2D eigenvalue weighted by Crippen LogP contribution is 2.31. The van der Waals surface area contributed by atoms with Gasteiger partial charge in [0, 0.05) is 6.54 Å². The van der Waals surface area contributed by atoms with Crippen molar-refractivity contribution in [3.8, 4) is 10.9 Å². The van der Waals surface area contributed by atoms with Crippen LogP contribution in [0.15, 0.2) is 48.5 Å². The zero-order valence-electron chi connectivity index (χ0n) is 17.0. The molecule has 1 aliphatic heterocycles. The van der Waals surface area contributed by atoms with E-state index in [1.165, 1.54) is 5.56 Å². The number of nitrogens with zero attached hydrogens (tertiary/aromatic N) is 2. The monoisotopic (exact) mass is 445 g/mol. The zero-order chi connectivity index (χ0) is 21.1. The molecule has 3 aromatic rings. The SMILES string of the molecule is CC(CC1CCN(Cc2ccc(Oc3nc4ccccc4s3)cc2)CC1)S(N)(=O)=O. The van der Waals surface area contributed by atoms with Gasteiger partial charge in [-0.25, -0.2) is 18.5 Å². The molecule has 2 aromatic carbocycles. The summed E-state index contributed by atoms with van der Waals surface area (Å²) < 4.78 is 29.9. The summed E-state index contributed by atoms with van der Waals surface area (Å²) in [6.07, 6.45) is 2.68. The number of para-hydroxylation sites is 1. The Balaban J connectivity index is 1.28. The van der Waals surface area contributed by atoms with Gasteiger partial charge in [0.15, 0.2) is 0 Å². The van der Waals surface area contributed by atoms with Gasteiger partial charge in [-0.05, 0) is 75.0 Å². The maximum atomic E-state index is 11.5. The fourth-order valence-electron chi connectivity index (χ4n) is 3.90. The summed E-state index contributed by atoms with van der Waals surface area (Å²) in [4.78, 5) is 6.93. The molecule has 1 aliphatic rings. The number of ether oxygens (including phenoxy) is 1. The summed E-state index contributed by atoms with van der Waals surface area (Å²) in [6.45, 7) is 4.55. The number of likely N-dealkylation sites (tertiary alicyclic amines) is 1. The Labute approximate surface area is 181 Å². The van der Waals surface area contributed by atoms with Crippen molar-refractivity contribution >= 4 is 31.6 Å². The molecular formula is C22H27N3O3S2. The highest BCUT2D eigenvalue weighted by atomic mass is 32.2. The van der Waals surface area contributed by atoms with Gasteiger partial charge in [-0.2, -0.15) is 0 Å². The van der Waals surface area contributed by atoms with Crippen molar-refractivity contribution in [2.24, 2.45) is 11.1 Å². The van der Waals surface area contributed by atoms with E-state index in [0.29, 0.717) is 17.5 Å². The molecule has 1 atom stereocenters. The number of sulfonamides is 1. The van der Waals surface area contributed by atoms with Crippen LogP contribution < -0.4 is 9.88 Å². The zero-order valence-corrected chi connectivity index (χ0v) is 18.7. The van der Waals surface area contributed by atoms with E-state index in [2.05, 4.69) is 22.0 Å². The summed E-state index contributed by atoms with van der Waals surface area (Å²) in [5.74, 6) is 1.22. The van der Waals surface area contributed by atoms with Crippen LogP contribution in [0.25, 0.3) is 10.2 Å². The van der Waals surface area contributed by atoms with Crippen molar-refractivity contribution in [3.63, 3.8) is 0 Å². The molecule has 1 fully saturated rings. The van der Waals surface area contributed by atoms with Crippen LogP contribution >= 0.6 is 11.3 Å². The van der Waals surface area contributed by atoms with Crippen molar-refractivity contribution in [1.29, 1.82) is 0 Å². The predicted octanol–water partition coefficient (Wildman–Crippen LogP) is 4.37. The molecule has 160 valence electrons. The molecule has 30 heavy (non-hydrogen) atoms. The standard InChI is InChI=1S/C22H27N3O3S2/c1-16(30(23,26)27)14-17-10-12-25(13-11-17)15-18-6-8-19(9-7-18)28-22-24-20-4-2-3-5-21(20)29-22/h2-9,16-17H,10-15H2,1H3,(H2,23,26,27). The highest BCUT2D eigenvalue weighted by molar-refractivity contribution is 7.89. The Kier molecular flexibility index (Phi) is 6.38. The van der Waals surface area contributed by atoms with Crippen LogP contribution in [0, 0.1) is 5.92 Å². The summed E-state index contributed by atoms with van der Waals surface area (Å²) in [5.41, 5.74) is 2.19. The first-order valence-corrected chi connectivity index (χ1v) is 12.7. The van der Waals surface area contributed by atoms with Crippen LogP contribution in [-0.4, -0.2) is 36.6 Å². The molecule has 0 radical (unpaired) electrons. The first-order valence-electron chi connectivity index (χ1n) is 10.2. The number of primary sulfonamides is 1. The van der Waals surface area contributed by atoms with Crippen molar-refractivity contribution in [3.05, 3.63) is 54.1 Å². The van der Waals surface area contributed by atoms with E-state index in [1.54, 1.807) is 18.3 Å². The van der Waals surface area contributed by atoms with Crippen molar-refractivity contribution in [2.75, 3.05) is 13.1 Å². The van der Waals surface area contributed by atoms with Gasteiger partial charge in [0.25, 0.3) is 5.19 Å². The summed E-state index contributed by atoms with van der Waals surface area (Å²) >= 11 is 1.54. The Hall–Kier alpha value is -2.00. The maximum absolute atomic E-state index is 11.5. The number of thiazole rings is 1. The number of benzene rings is 2. The van der Waals surface area contributed by atoms with Gasteiger partial charge in [-0.15, -0.1) is 0 Å². The Morgan fingerprint density at radius 2 is 1.87 bits per heavy atom. The average Bonchev–Trinajstić information content (AvgIpc) is 3.12. The molecule has 2 N–H and O–H groups in total. The molecule has 1 saturated heterocycles. The van der Waals surface area contributed by atoms with Crippen LogP contribution in [0.5, 0.6) is 10.9 Å². The van der Waals surface area contributed by atoms with E-state index in [1.807, 2.05) is 36.4 Å². The number of nitrogens with two attached hydrogens (primary N) is 1. The summed E-state index contributed by atoms with van der Waals surface area (Å²) in [5, 5.41) is 5.45. The van der Waals surface area contributed by atoms with E-state index in [4.69, 9.17) is 9.88 Å². The number of fused-ring (bicyclic) bond motifs is 1. The number of hydrogen-bond acceptors (Lipinski definition) is 6. The van der Waals surface area contributed by atoms with E-state index in [-0.39, 0.29) is 0 Å². The fourth-order valence-corrected chi connectivity index (χ4v) is 5.28. The molecular weight excluding hydrogens is 418 g/mol. The Morgan fingerprint density at radius 3 is 2.53 bits per heavy atom. The molecule has 0 saturated carbocycles. The Morgan fingerprint density at radius 1 is 1.17 bits per heavy atom. The minimum absolute atomic E-state index is 0.430. The lowest BCUT2D eigenvalue weighted by molar-refractivity contribution is 0.172. The van der Waals surface area contributed by atoms with Crippen LogP contribution in [0.1, 0.15) is 31.7 Å². The van der Waals surface area contributed by atoms with Crippen molar-refractivity contribution in [2.45, 2.75) is 38.0 Å². The second-order valence-corrected chi connectivity index (χ2v) is 11.0. The van der Waals surface area contributed by atoms with Gasteiger partial charge < -0.3 is 4.74 Å². The molecule has 0 aliphatic carbocycles. The van der Waals surface area contributed by atoms with Gasteiger partial charge in [0.2, 0.25) is 10.0 Å². The lowest BCUT2D eigenvalue weighted by Crippen LogP contribution is -2.36. The van der Waals surface area contributed by atoms with Gasteiger partial charge in [0.05, 0.1) is 15.5 Å². The number of hydrogen-bond donors (Lipinski definition) is 1. The smallest absolute Gasteiger partial charge is 0.279 e. The normalized spacial score (nSPS) is 17.3. The topological polar surface area (TPSA) is 85.5 Å². The molecule has 0 bridgehead atoms. The van der Waals surface area contributed by atoms with Crippen LogP contribution in [0.2, 0.25) is 0 Å². The van der Waals surface area contributed by atoms with Gasteiger partial charge in [0.1, 0.15) is 5.75 Å². The predicted molar refractivity (Wildman–Crippen MR) is 121 cm³/mol. The van der Waals surface area contributed by atoms with Crippen molar-refractivity contribution in [1.82, 2.24) is 9.88 Å². The largest absolute Gasteiger partial charge is 0.431 e. The highest BCUT2D eigenvalue weighted by Gasteiger charge is 2.25. The summed E-state index contributed by atoms with van der Waals surface area (Å²) in [6, 6.07) is 16.2. The third-order valence-corrected chi connectivity index (χ3v) is 7.97. The Bertz CT molecular complexity index is 1060. The average molecular weight is 446 g/mol. The first-order chi connectivity index (χ1) is 14.4. The van der Waals surface area contributed by atoms with Gasteiger partial charge in [-0.3, -0.25) is 4.90 Å². The number of piperidine rings is 1. The van der Waals surface area contributed by atoms with E-state index in [0.717, 1.165) is 48.4 Å². The molecule has 0 amide bonds. The van der Waals surface area contributed by atoms with Crippen LogP contribution in [0.3, 0.4) is 0 Å². The van der Waals surface area contributed by atoms with Crippen LogP contribution in [0.4, 0.5) is 0 Å². The summed E-state index contributed by atoms with van der Waals surface area (Å²) in [7, 11) is -3.43. The third-order valence-electron chi connectivity index (χ3n) is 5.74. The third kappa shape index (κ3) is 5.37. The van der Waals surface area contributed by atoms with E-state index >= 15 is 0 Å². The van der Waals surface area contributed by atoms with Crippen molar-refractivity contribution < 1.29 is 13.2 Å². The van der Waals surface area contributed by atoms with E-state index in [9.17, 15) is 8.42 Å². The fraction of sp³-hybridized carbons (Fsp3) is 0.409. The lowest BCUT2D eigenvalue weighted by atomic mass is 9.92. The molecule has 6 nitrogen and oxygen atoms in total. The van der Waals surface area contributed by atoms with Crippen LogP contribution in [-0.2, 0) is 16.6 Å². The molecule has 4 rings (SSSR count). The molecule has 1 unspecified atom stereocenters. The molecule has 2 heterocycles. The molecule has 1 aromatic heterocycles.